The van der Waals surface area contributed by atoms with Gasteiger partial charge in [0.15, 0.2) is 18.5 Å². The molecule has 4 atom stereocenters. The monoisotopic (exact) mass is 423 g/mol. The first-order valence-electron chi connectivity index (χ1n) is 9.54. The molecule has 1 saturated heterocycles. The predicted octanol–water partition coefficient (Wildman–Crippen LogP) is 3.68. The Labute approximate surface area is 178 Å². The molecule has 0 unspecified atom stereocenters. The molecule has 31 heavy (non-hydrogen) atoms. The number of ether oxygens (including phenoxy) is 4. The molecule has 160 valence electrons. The third kappa shape index (κ3) is 5.70. The van der Waals surface area contributed by atoms with Crippen LogP contribution in [0.25, 0.3) is 10.4 Å². The summed E-state index contributed by atoms with van der Waals surface area (Å²) in [5.41, 5.74) is 9.54. The smallest absolute Gasteiger partial charge is 0.338 e. The third-order valence-corrected chi connectivity index (χ3v) is 4.49. The number of benzene rings is 2. The maximum absolute atomic E-state index is 12.7. The summed E-state index contributed by atoms with van der Waals surface area (Å²) in [6, 6.07) is 15.7. The summed E-state index contributed by atoms with van der Waals surface area (Å²) < 4.78 is 22.5. The molecule has 1 aliphatic rings. The van der Waals surface area contributed by atoms with E-state index < -0.39 is 36.5 Å². The summed E-state index contributed by atoms with van der Waals surface area (Å²) in [6.07, 6.45) is -1.85. The van der Waals surface area contributed by atoms with E-state index in [0.717, 1.165) is 0 Å². The number of nitrogens with zero attached hydrogens (tertiary/aromatic N) is 3. The fraction of sp³-hybridized carbons (Fsp3) is 0.273. The van der Waals surface area contributed by atoms with Crippen molar-refractivity contribution < 1.29 is 28.5 Å². The van der Waals surface area contributed by atoms with Gasteiger partial charge in [-0.1, -0.05) is 47.6 Å². The number of carbonyl (C=O) groups excluding carboxylic acids is 2. The number of hydrogen-bond donors (Lipinski definition) is 0. The minimum atomic E-state index is -1.18. The molecule has 9 heteroatoms. The minimum absolute atomic E-state index is 0.0853. The number of esters is 2. The van der Waals surface area contributed by atoms with Crippen molar-refractivity contribution in [3.63, 3.8) is 0 Å². The molecule has 0 N–H and O–H groups in total. The molecule has 0 radical (unpaired) electrons. The summed E-state index contributed by atoms with van der Waals surface area (Å²) in [5, 5.41) is 3.67. The molecule has 2 aromatic carbocycles. The van der Waals surface area contributed by atoms with Crippen LogP contribution in [-0.2, 0) is 18.9 Å². The van der Waals surface area contributed by atoms with Crippen LogP contribution in [0.15, 0.2) is 78.4 Å². The first-order chi connectivity index (χ1) is 15.1. The lowest BCUT2D eigenvalue weighted by Gasteiger charge is -2.39. The highest BCUT2D eigenvalue weighted by molar-refractivity contribution is 5.90. The molecule has 0 amide bonds. The van der Waals surface area contributed by atoms with Crippen LogP contribution in [0.2, 0.25) is 0 Å². The van der Waals surface area contributed by atoms with Crippen LogP contribution in [0.3, 0.4) is 0 Å². The largest absolute Gasteiger partial charge is 0.454 e. The van der Waals surface area contributed by atoms with Crippen molar-refractivity contribution in [1.29, 1.82) is 0 Å². The van der Waals surface area contributed by atoms with Gasteiger partial charge in [-0.05, 0) is 29.8 Å². The molecular formula is C22H21N3O6. The maximum atomic E-state index is 12.7. The van der Waals surface area contributed by atoms with Gasteiger partial charge in [-0.15, -0.1) is 6.58 Å². The van der Waals surface area contributed by atoms with E-state index in [-0.39, 0.29) is 13.2 Å². The Bertz CT molecular complexity index is 946. The highest BCUT2D eigenvalue weighted by Gasteiger charge is 2.46. The molecule has 0 saturated carbocycles. The van der Waals surface area contributed by atoms with Crippen molar-refractivity contribution in [2.75, 3.05) is 13.2 Å². The molecule has 1 heterocycles. The Balaban J connectivity index is 1.89. The average molecular weight is 423 g/mol. The summed E-state index contributed by atoms with van der Waals surface area (Å²) in [6.45, 7) is 3.61. The van der Waals surface area contributed by atoms with Crippen molar-refractivity contribution in [3.8, 4) is 0 Å². The quantitative estimate of drug-likeness (QED) is 0.210. The van der Waals surface area contributed by atoms with Crippen LogP contribution in [0, 0.1) is 0 Å². The van der Waals surface area contributed by atoms with Gasteiger partial charge >= 0.3 is 11.9 Å². The van der Waals surface area contributed by atoms with Crippen molar-refractivity contribution in [2.45, 2.75) is 24.5 Å². The molecule has 2 aromatic rings. The Morgan fingerprint density at radius 2 is 1.58 bits per heavy atom. The second-order valence-electron chi connectivity index (χ2n) is 6.57. The molecule has 1 aliphatic heterocycles. The lowest BCUT2D eigenvalue weighted by Crippen LogP contribution is -2.56. The zero-order valence-corrected chi connectivity index (χ0v) is 16.6. The van der Waals surface area contributed by atoms with Crippen LogP contribution >= 0.6 is 0 Å². The topological polar surface area (TPSA) is 120 Å². The van der Waals surface area contributed by atoms with E-state index in [1.807, 2.05) is 0 Å². The molecule has 0 bridgehead atoms. The molecule has 1 fully saturated rings. The van der Waals surface area contributed by atoms with Crippen molar-refractivity contribution in [1.82, 2.24) is 0 Å². The van der Waals surface area contributed by atoms with Gasteiger partial charge in [-0.3, -0.25) is 0 Å². The SMILES string of the molecule is C=CCO[C@H]1OC[C@H](N=[N+]=[N-])[C@@H](OC(=O)c2ccccc2)[C@@H]1OC(=O)c1ccccc1. The lowest BCUT2D eigenvalue weighted by molar-refractivity contribution is -0.243. The lowest BCUT2D eigenvalue weighted by atomic mass is 10.0. The van der Waals surface area contributed by atoms with E-state index in [2.05, 4.69) is 16.6 Å². The Kier molecular flexibility index (Phi) is 7.78. The van der Waals surface area contributed by atoms with Gasteiger partial charge in [-0.25, -0.2) is 9.59 Å². The van der Waals surface area contributed by atoms with E-state index in [1.165, 1.54) is 6.08 Å². The van der Waals surface area contributed by atoms with Gasteiger partial charge in [0, 0.05) is 4.91 Å². The second kappa shape index (κ2) is 10.9. The normalized spacial score (nSPS) is 22.6. The molecule has 0 aliphatic carbocycles. The van der Waals surface area contributed by atoms with Gasteiger partial charge in [0.1, 0.15) is 6.04 Å². The first kappa shape index (κ1) is 22.0. The third-order valence-electron chi connectivity index (χ3n) is 4.49. The van der Waals surface area contributed by atoms with E-state index in [1.54, 1.807) is 60.7 Å². The van der Waals surface area contributed by atoms with Crippen molar-refractivity contribution in [2.24, 2.45) is 5.11 Å². The highest BCUT2D eigenvalue weighted by atomic mass is 16.7. The van der Waals surface area contributed by atoms with Crippen LogP contribution < -0.4 is 0 Å². The summed E-state index contributed by atoms with van der Waals surface area (Å²) >= 11 is 0. The summed E-state index contributed by atoms with van der Waals surface area (Å²) in [7, 11) is 0. The fourth-order valence-corrected chi connectivity index (χ4v) is 3.03. The van der Waals surface area contributed by atoms with Gasteiger partial charge in [0.25, 0.3) is 0 Å². The second-order valence-corrected chi connectivity index (χ2v) is 6.57. The van der Waals surface area contributed by atoms with Crippen LogP contribution in [0.4, 0.5) is 0 Å². The number of rotatable bonds is 8. The van der Waals surface area contributed by atoms with Crippen molar-refractivity contribution >= 4 is 11.9 Å². The summed E-state index contributed by atoms with van der Waals surface area (Å²) in [5.74, 6) is -1.32. The van der Waals surface area contributed by atoms with Gasteiger partial charge in [0.2, 0.25) is 0 Å². The fourth-order valence-electron chi connectivity index (χ4n) is 3.03. The summed E-state index contributed by atoms with van der Waals surface area (Å²) in [4.78, 5) is 28.2. The van der Waals surface area contributed by atoms with E-state index in [0.29, 0.717) is 11.1 Å². The van der Waals surface area contributed by atoms with E-state index >= 15 is 0 Å². The van der Waals surface area contributed by atoms with Gasteiger partial charge in [0.05, 0.1) is 24.3 Å². The predicted molar refractivity (Wildman–Crippen MR) is 110 cm³/mol. The maximum Gasteiger partial charge on any atom is 0.338 e. The zero-order chi connectivity index (χ0) is 22.1. The Hall–Kier alpha value is -3.65. The number of carbonyl (C=O) groups is 2. The molecule has 0 spiro atoms. The number of azide groups is 1. The van der Waals surface area contributed by atoms with Gasteiger partial charge in [-0.2, -0.15) is 0 Å². The zero-order valence-electron chi connectivity index (χ0n) is 16.6. The van der Waals surface area contributed by atoms with E-state index in [9.17, 15) is 9.59 Å². The number of hydrogen-bond acceptors (Lipinski definition) is 7. The average Bonchev–Trinajstić information content (AvgIpc) is 2.81. The minimum Gasteiger partial charge on any atom is -0.454 e. The highest BCUT2D eigenvalue weighted by Crippen LogP contribution is 2.26. The van der Waals surface area contributed by atoms with Crippen LogP contribution in [0.5, 0.6) is 0 Å². The Morgan fingerprint density at radius 3 is 2.10 bits per heavy atom. The van der Waals surface area contributed by atoms with Crippen LogP contribution in [0.1, 0.15) is 20.7 Å². The first-order valence-corrected chi connectivity index (χ1v) is 9.54. The Morgan fingerprint density at radius 1 is 1.03 bits per heavy atom. The van der Waals surface area contributed by atoms with E-state index in [4.69, 9.17) is 24.5 Å². The van der Waals surface area contributed by atoms with Crippen molar-refractivity contribution in [3.05, 3.63) is 94.9 Å². The molecular weight excluding hydrogens is 402 g/mol. The molecule has 3 rings (SSSR count). The van der Waals surface area contributed by atoms with Crippen LogP contribution in [-0.4, -0.2) is 49.7 Å². The molecule has 0 aromatic heterocycles. The van der Waals surface area contributed by atoms with Gasteiger partial charge < -0.3 is 18.9 Å². The standard InChI is InChI=1S/C22H21N3O6/c1-2-13-28-22-19(31-21(27)16-11-7-4-8-12-16)18(17(14-29-22)24-25-23)30-20(26)15-9-5-3-6-10-15/h2-12,17-19,22H,1,13-14H2/t17-,18+,19-,22-/m0/s1. The molecule has 9 nitrogen and oxygen atoms in total.